The largest absolute Gasteiger partial charge is 0.381 e. The van der Waals surface area contributed by atoms with Gasteiger partial charge in [0.1, 0.15) is 5.82 Å². The number of carbonyl (C=O) groups is 2. The van der Waals surface area contributed by atoms with Crippen LogP contribution in [-0.4, -0.2) is 48.6 Å². The number of benzene rings is 1. The molecule has 25 heavy (non-hydrogen) atoms. The Kier molecular flexibility index (Phi) is 4.23. The highest BCUT2D eigenvalue weighted by Crippen LogP contribution is 2.43. The lowest BCUT2D eigenvalue weighted by atomic mass is 9.76. The smallest absolute Gasteiger partial charge is 0.232 e. The van der Waals surface area contributed by atoms with Gasteiger partial charge < -0.3 is 15.0 Å². The Morgan fingerprint density at radius 3 is 2.60 bits per heavy atom. The molecule has 3 heterocycles. The lowest BCUT2D eigenvalue weighted by Crippen LogP contribution is -2.51. The molecular formula is C19H23FN2O3. The molecule has 0 spiro atoms. The topological polar surface area (TPSA) is 58.6 Å². The molecule has 3 fully saturated rings. The number of hydrogen-bond donors (Lipinski definition) is 1. The summed E-state index contributed by atoms with van der Waals surface area (Å²) in [6.45, 7) is 1.70. The van der Waals surface area contributed by atoms with Gasteiger partial charge in [-0.15, -0.1) is 0 Å². The first kappa shape index (κ1) is 16.5. The van der Waals surface area contributed by atoms with Gasteiger partial charge in [-0.3, -0.25) is 9.59 Å². The van der Waals surface area contributed by atoms with Gasteiger partial charge in [0.2, 0.25) is 11.8 Å². The van der Waals surface area contributed by atoms with Crippen molar-refractivity contribution in [1.29, 1.82) is 0 Å². The van der Waals surface area contributed by atoms with Crippen LogP contribution in [0.3, 0.4) is 0 Å². The van der Waals surface area contributed by atoms with E-state index in [0.717, 1.165) is 24.8 Å². The van der Waals surface area contributed by atoms with E-state index < -0.39 is 5.41 Å². The Labute approximate surface area is 146 Å². The molecule has 0 radical (unpaired) electrons. The first-order chi connectivity index (χ1) is 12.1. The van der Waals surface area contributed by atoms with E-state index in [1.165, 1.54) is 12.1 Å². The zero-order chi connectivity index (χ0) is 17.4. The zero-order valence-electron chi connectivity index (χ0n) is 14.2. The maximum absolute atomic E-state index is 13.4. The SMILES string of the molecule is O=C1CC[C@H]2C[C@@](C(=O)NC3CCOCC3)(c3ccc(F)cc3)CN12. The van der Waals surface area contributed by atoms with E-state index in [4.69, 9.17) is 4.74 Å². The molecule has 0 aliphatic carbocycles. The van der Waals surface area contributed by atoms with Crippen molar-refractivity contribution in [3.63, 3.8) is 0 Å². The normalized spacial score (nSPS) is 29.7. The van der Waals surface area contributed by atoms with Crippen LogP contribution in [0.25, 0.3) is 0 Å². The standard InChI is InChI=1S/C19H23FN2O3/c20-14-3-1-13(2-4-14)19(11-16-5-6-17(23)22(16)12-19)18(24)21-15-7-9-25-10-8-15/h1-4,15-16H,5-12H2,(H,21,24)/t16-,19-/m0/s1. The summed E-state index contributed by atoms with van der Waals surface area (Å²) >= 11 is 0. The number of nitrogens with one attached hydrogen (secondary N) is 1. The molecule has 0 unspecified atom stereocenters. The summed E-state index contributed by atoms with van der Waals surface area (Å²) < 4.78 is 18.7. The van der Waals surface area contributed by atoms with E-state index >= 15 is 0 Å². The summed E-state index contributed by atoms with van der Waals surface area (Å²) in [5.74, 6) is -0.251. The van der Waals surface area contributed by atoms with Crippen molar-refractivity contribution < 1.29 is 18.7 Å². The number of rotatable bonds is 3. The van der Waals surface area contributed by atoms with E-state index in [-0.39, 0.29) is 29.7 Å². The number of carbonyl (C=O) groups excluding carboxylic acids is 2. The Morgan fingerprint density at radius 2 is 1.92 bits per heavy atom. The number of amides is 2. The third kappa shape index (κ3) is 2.92. The molecule has 2 atom stereocenters. The second-order valence-corrected chi connectivity index (χ2v) is 7.37. The molecule has 1 N–H and O–H groups in total. The second-order valence-electron chi connectivity index (χ2n) is 7.37. The maximum Gasteiger partial charge on any atom is 0.232 e. The summed E-state index contributed by atoms with van der Waals surface area (Å²) in [5, 5.41) is 3.17. The van der Waals surface area contributed by atoms with Crippen molar-refractivity contribution in [3.05, 3.63) is 35.6 Å². The van der Waals surface area contributed by atoms with Crippen molar-refractivity contribution in [1.82, 2.24) is 10.2 Å². The molecule has 3 saturated heterocycles. The van der Waals surface area contributed by atoms with Crippen molar-refractivity contribution in [2.24, 2.45) is 0 Å². The predicted octanol–water partition coefficient (Wildman–Crippen LogP) is 1.75. The molecule has 0 saturated carbocycles. The molecule has 4 rings (SSSR count). The zero-order valence-corrected chi connectivity index (χ0v) is 14.2. The molecule has 3 aliphatic heterocycles. The first-order valence-corrected chi connectivity index (χ1v) is 9.03. The van der Waals surface area contributed by atoms with Crippen LogP contribution in [0, 0.1) is 5.82 Å². The third-order valence-electron chi connectivity index (χ3n) is 5.86. The second kappa shape index (κ2) is 6.41. The molecule has 0 aromatic heterocycles. The van der Waals surface area contributed by atoms with Crippen LogP contribution in [0.15, 0.2) is 24.3 Å². The maximum atomic E-state index is 13.4. The summed E-state index contributed by atoms with van der Waals surface area (Å²) in [6.07, 6.45) is 3.58. The fourth-order valence-electron chi connectivity index (χ4n) is 4.42. The van der Waals surface area contributed by atoms with Crippen LogP contribution < -0.4 is 5.32 Å². The van der Waals surface area contributed by atoms with Crippen molar-refractivity contribution in [2.75, 3.05) is 19.8 Å². The highest BCUT2D eigenvalue weighted by Gasteiger charge is 2.53. The van der Waals surface area contributed by atoms with Gasteiger partial charge in [-0.1, -0.05) is 12.1 Å². The van der Waals surface area contributed by atoms with Crippen LogP contribution in [-0.2, 0) is 19.7 Å². The number of halogens is 1. The predicted molar refractivity (Wildman–Crippen MR) is 89.4 cm³/mol. The Morgan fingerprint density at radius 1 is 1.20 bits per heavy atom. The van der Waals surface area contributed by atoms with Crippen molar-refractivity contribution in [3.8, 4) is 0 Å². The van der Waals surface area contributed by atoms with Crippen molar-refractivity contribution in [2.45, 2.75) is 49.6 Å². The summed E-state index contributed by atoms with van der Waals surface area (Å²) in [4.78, 5) is 27.3. The van der Waals surface area contributed by atoms with E-state index in [0.29, 0.717) is 32.6 Å². The number of ether oxygens (including phenoxy) is 1. The van der Waals surface area contributed by atoms with E-state index in [1.807, 2.05) is 4.90 Å². The number of nitrogens with zero attached hydrogens (tertiary/aromatic N) is 1. The Hall–Kier alpha value is -1.95. The molecule has 2 amide bonds. The van der Waals surface area contributed by atoms with E-state index in [2.05, 4.69) is 5.32 Å². The highest BCUT2D eigenvalue weighted by atomic mass is 19.1. The van der Waals surface area contributed by atoms with Gasteiger partial charge in [0.05, 0.1) is 5.41 Å². The molecule has 5 nitrogen and oxygen atoms in total. The first-order valence-electron chi connectivity index (χ1n) is 9.03. The average molecular weight is 346 g/mol. The summed E-state index contributed by atoms with van der Waals surface area (Å²) in [6, 6.07) is 6.37. The Balaban J connectivity index is 1.63. The fraction of sp³-hybridized carbons (Fsp3) is 0.579. The molecule has 1 aromatic rings. The van der Waals surface area contributed by atoms with Gasteiger partial charge >= 0.3 is 0 Å². The van der Waals surface area contributed by atoms with E-state index in [1.54, 1.807) is 12.1 Å². The quantitative estimate of drug-likeness (QED) is 0.907. The van der Waals surface area contributed by atoms with Crippen LogP contribution >= 0.6 is 0 Å². The van der Waals surface area contributed by atoms with Gasteiger partial charge in [0.25, 0.3) is 0 Å². The highest BCUT2D eigenvalue weighted by molar-refractivity contribution is 5.91. The molecular weight excluding hydrogens is 323 g/mol. The molecule has 0 bridgehead atoms. The van der Waals surface area contributed by atoms with Gasteiger partial charge in [0.15, 0.2) is 0 Å². The molecule has 6 heteroatoms. The summed E-state index contributed by atoms with van der Waals surface area (Å²) in [5.41, 5.74) is 0.00731. The minimum Gasteiger partial charge on any atom is -0.381 e. The molecule has 1 aromatic carbocycles. The lowest BCUT2D eigenvalue weighted by Gasteiger charge is -2.32. The van der Waals surface area contributed by atoms with Crippen LogP contribution in [0.4, 0.5) is 4.39 Å². The number of fused-ring (bicyclic) bond motifs is 1. The Bertz CT molecular complexity index is 672. The number of hydrogen-bond acceptors (Lipinski definition) is 3. The van der Waals surface area contributed by atoms with Gasteiger partial charge in [-0.2, -0.15) is 0 Å². The van der Waals surface area contributed by atoms with Crippen molar-refractivity contribution >= 4 is 11.8 Å². The fourth-order valence-corrected chi connectivity index (χ4v) is 4.42. The molecule has 134 valence electrons. The third-order valence-corrected chi connectivity index (χ3v) is 5.86. The minimum absolute atomic E-state index is 0.0480. The monoisotopic (exact) mass is 346 g/mol. The van der Waals surface area contributed by atoms with Crippen LogP contribution in [0.1, 0.15) is 37.7 Å². The van der Waals surface area contributed by atoms with Crippen LogP contribution in [0.2, 0.25) is 0 Å². The lowest BCUT2D eigenvalue weighted by molar-refractivity contribution is -0.130. The summed E-state index contributed by atoms with van der Waals surface area (Å²) in [7, 11) is 0. The average Bonchev–Trinajstić information content (AvgIpc) is 3.16. The molecule has 3 aliphatic rings. The van der Waals surface area contributed by atoms with Gasteiger partial charge in [0, 0.05) is 38.3 Å². The van der Waals surface area contributed by atoms with Gasteiger partial charge in [-0.25, -0.2) is 4.39 Å². The van der Waals surface area contributed by atoms with E-state index in [9.17, 15) is 14.0 Å². The van der Waals surface area contributed by atoms with Gasteiger partial charge in [-0.05, 0) is 43.4 Å². The minimum atomic E-state index is -0.785. The van der Waals surface area contributed by atoms with Crippen LogP contribution in [0.5, 0.6) is 0 Å².